The number of imidazole rings is 1. The first-order valence-corrected chi connectivity index (χ1v) is 8.02. The number of aromatic nitrogens is 2. The first-order valence-electron chi connectivity index (χ1n) is 8.02. The van der Waals surface area contributed by atoms with E-state index in [4.69, 9.17) is 0 Å². The third-order valence-electron chi connectivity index (χ3n) is 4.32. The van der Waals surface area contributed by atoms with Crippen molar-refractivity contribution >= 4 is 12.4 Å². The van der Waals surface area contributed by atoms with Gasteiger partial charge >= 0.3 is 0 Å². The zero-order valence-corrected chi connectivity index (χ0v) is 14.6. The Balaban J connectivity index is 0.00000208. The first-order chi connectivity index (χ1) is 11.2. The van der Waals surface area contributed by atoms with Gasteiger partial charge in [0.1, 0.15) is 0 Å². The third-order valence-corrected chi connectivity index (χ3v) is 4.32. The van der Waals surface area contributed by atoms with Gasteiger partial charge in [-0.05, 0) is 36.5 Å². The molecule has 126 valence electrons. The molecular weight excluding hydrogens is 320 g/mol. The van der Waals surface area contributed by atoms with Gasteiger partial charge in [-0.15, -0.1) is 12.4 Å². The fraction of sp³-hybridized carbons (Fsp3) is 0.250. The van der Waals surface area contributed by atoms with Crippen molar-refractivity contribution in [3.05, 3.63) is 90.0 Å². The molecule has 0 saturated heterocycles. The van der Waals surface area contributed by atoms with E-state index in [2.05, 4.69) is 41.4 Å². The van der Waals surface area contributed by atoms with Crippen LogP contribution in [0.4, 0.5) is 0 Å². The van der Waals surface area contributed by atoms with Crippen molar-refractivity contribution < 1.29 is 5.11 Å². The third kappa shape index (κ3) is 4.47. The topological polar surface area (TPSA) is 38.0 Å². The summed E-state index contributed by atoms with van der Waals surface area (Å²) in [4.78, 5) is 4.04. The summed E-state index contributed by atoms with van der Waals surface area (Å²) >= 11 is 0. The van der Waals surface area contributed by atoms with Crippen molar-refractivity contribution in [1.29, 1.82) is 0 Å². The highest BCUT2D eigenvalue weighted by Crippen LogP contribution is 2.26. The van der Waals surface area contributed by atoms with Crippen molar-refractivity contribution in [2.75, 3.05) is 0 Å². The Bertz CT molecular complexity index is 711. The Hall–Kier alpha value is -2.10. The average Bonchev–Trinajstić information content (AvgIpc) is 3.15. The molecule has 0 aliphatic heterocycles. The van der Waals surface area contributed by atoms with Crippen molar-refractivity contribution in [1.82, 2.24) is 9.55 Å². The van der Waals surface area contributed by atoms with Crippen LogP contribution in [0, 0.1) is 0 Å². The maximum atomic E-state index is 10.5. The highest BCUT2D eigenvalue weighted by atomic mass is 35.5. The molecule has 4 heteroatoms. The zero-order valence-electron chi connectivity index (χ0n) is 13.7. The fourth-order valence-corrected chi connectivity index (χ4v) is 2.77. The van der Waals surface area contributed by atoms with E-state index < -0.39 is 6.10 Å². The van der Waals surface area contributed by atoms with Crippen LogP contribution in [0.2, 0.25) is 0 Å². The Kier molecular flexibility index (Phi) is 6.59. The number of aryl methyl sites for hydroxylation is 2. The van der Waals surface area contributed by atoms with Crippen LogP contribution in [0.3, 0.4) is 0 Å². The van der Waals surface area contributed by atoms with Crippen LogP contribution in [-0.2, 0) is 12.8 Å². The van der Waals surface area contributed by atoms with Crippen LogP contribution < -0.4 is 0 Å². The predicted molar refractivity (Wildman–Crippen MR) is 99.4 cm³/mol. The summed E-state index contributed by atoms with van der Waals surface area (Å²) in [5.41, 5.74) is 3.58. The SMILES string of the molecule is CC(C(O)c1ccc(CCc2ccccc2)cc1)n1ccnc1.Cl. The molecule has 0 bridgehead atoms. The molecule has 1 N–H and O–H groups in total. The monoisotopic (exact) mass is 342 g/mol. The van der Waals surface area contributed by atoms with Crippen molar-refractivity contribution in [3.8, 4) is 0 Å². The molecule has 3 aromatic rings. The largest absolute Gasteiger partial charge is 0.386 e. The molecule has 0 aliphatic carbocycles. The van der Waals surface area contributed by atoms with Gasteiger partial charge in [0.15, 0.2) is 0 Å². The average molecular weight is 343 g/mol. The van der Waals surface area contributed by atoms with Gasteiger partial charge in [0.2, 0.25) is 0 Å². The number of nitrogens with zero attached hydrogens (tertiary/aromatic N) is 2. The highest BCUT2D eigenvalue weighted by molar-refractivity contribution is 5.85. The molecule has 0 radical (unpaired) electrons. The summed E-state index contributed by atoms with van der Waals surface area (Å²) < 4.78 is 1.92. The molecule has 2 atom stereocenters. The molecule has 0 fully saturated rings. The maximum absolute atomic E-state index is 10.5. The standard InChI is InChI=1S/C20H22N2O.ClH/c1-16(22-14-13-21-15-22)20(23)19-11-9-18(10-12-19)8-7-17-5-3-2-4-6-17;/h2-6,9-16,20,23H,7-8H2,1H3;1H. The van der Waals surface area contributed by atoms with Crippen LogP contribution in [0.15, 0.2) is 73.3 Å². The molecule has 24 heavy (non-hydrogen) atoms. The molecule has 0 saturated carbocycles. The highest BCUT2D eigenvalue weighted by Gasteiger charge is 2.17. The van der Waals surface area contributed by atoms with Crippen LogP contribution in [0.5, 0.6) is 0 Å². The van der Waals surface area contributed by atoms with Crippen molar-refractivity contribution in [2.45, 2.75) is 31.9 Å². The quantitative estimate of drug-likeness (QED) is 0.721. The molecule has 3 nitrogen and oxygen atoms in total. The molecule has 2 unspecified atom stereocenters. The number of hydrogen-bond donors (Lipinski definition) is 1. The number of hydrogen-bond acceptors (Lipinski definition) is 2. The summed E-state index contributed by atoms with van der Waals surface area (Å²) in [7, 11) is 0. The Morgan fingerprint density at radius 3 is 2.17 bits per heavy atom. The molecule has 0 amide bonds. The van der Waals surface area contributed by atoms with Gasteiger partial charge in [-0.25, -0.2) is 4.98 Å². The smallest absolute Gasteiger partial charge is 0.0994 e. The van der Waals surface area contributed by atoms with Crippen molar-refractivity contribution in [3.63, 3.8) is 0 Å². The van der Waals surface area contributed by atoms with Crippen molar-refractivity contribution in [2.24, 2.45) is 0 Å². The van der Waals surface area contributed by atoms with Crippen LogP contribution in [0.25, 0.3) is 0 Å². The van der Waals surface area contributed by atoms with E-state index in [1.807, 2.05) is 35.9 Å². The van der Waals surface area contributed by atoms with Gasteiger partial charge in [-0.3, -0.25) is 0 Å². The van der Waals surface area contributed by atoms with Gasteiger partial charge in [0.25, 0.3) is 0 Å². The van der Waals surface area contributed by atoms with E-state index in [1.54, 1.807) is 12.5 Å². The van der Waals surface area contributed by atoms with Gasteiger partial charge in [0, 0.05) is 12.4 Å². The lowest BCUT2D eigenvalue weighted by molar-refractivity contribution is 0.122. The lowest BCUT2D eigenvalue weighted by Crippen LogP contribution is -2.13. The summed E-state index contributed by atoms with van der Waals surface area (Å²) in [6.45, 7) is 2.00. The molecular formula is C20H23ClN2O. The predicted octanol–water partition coefficient (Wildman–Crippen LogP) is 4.38. The van der Waals surface area contributed by atoms with E-state index in [-0.39, 0.29) is 18.4 Å². The lowest BCUT2D eigenvalue weighted by atomic mass is 9.99. The van der Waals surface area contributed by atoms with E-state index in [9.17, 15) is 5.11 Å². The number of benzene rings is 2. The summed E-state index contributed by atoms with van der Waals surface area (Å²) in [6.07, 6.45) is 6.86. The molecule has 0 aliphatic rings. The molecule has 1 heterocycles. The second-order valence-electron chi connectivity index (χ2n) is 5.92. The summed E-state index contributed by atoms with van der Waals surface area (Å²) in [5, 5.41) is 10.5. The number of halogens is 1. The molecule has 1 aromatic heterocycles. The summed E-state index contributed by atoms with van der Waals surface area (Å²) in [5.74, 6) is 0. The maximum Gasteiger partial charge on any atom is 0.0994 e. The van der Waals surface area contributed by atoms with Gasteiger partial charge in [0.05, 0.1) is 18.5 Å². The number of aliphatic hydroxyl groups is 1. The minimum atomic E-state index is -0.535. The number of aliphatic hydroxyl groups excluding tert-OH is 1. The second kappa shape index (κ2) is 8.67. The fourth-order valence-electron chi connectivity index (χ4n) is 2.77. The second-order valence-corrected chi connectivity index (χ2v) is 5.92. The molecule has 2 aromatic carbocycles. The van der Waals surface area contributed by atoms with Crippen LogP contribution in [0.1, 0.15) is 35.8 Å². The van der Waals surface area contributed by atoms with Gasteiger partial charge < -0.3 is 9.67 Å². The molecule has 3 rings (SSSR count). The molecule has 0 spiro atoms. The van der Waals surface area contributed by atoms with Crippen LogP contribution in [-0.4, -0.2) is 14.7 Å². The lowest BCUT2D eigenvalue weighted by Gasteiger charge is -2.20. The Morgan fingerprint density at radius 1 is 0.958 bits per heavy atom. The van der Waals surface area contributed by atoms with Gasteiger partial charge in [-0.1, -0.05) is 54.6 Å². The van der Waals surface area contributed by atoms with Crippen LogP contribution >= 0.6 is 12.4 Å². The minimum absolute atomic E-state index is 0. The Labute approximate surface area is 149 Å². The van der Waals surface area contributed by atoms with E-state index >= 15 is 0 Å². The van der Waals surface area contributed by atoms with Gasteiger partial charge in [-0.2, -0.15) is 0 Å². The van der Waals surface area contributed by atoms with E-state index in [1.165, 1.54) is 11.1 Å². The number of rotatable bonds is 6. The van der Waals surface area contributed by atoms with E-state index in [0.717, 1.165) is 18.4 Å². The zero-order chi connectivity index (χ0) is 16.1. The first kappa shape index (κ1) is 18.2. The minimum Gasteiger partial charge on any atom is -0.386 e. The summed E-state index contributed by atoms with van der Waals surface area (Å²) in [6, 6.07) is 18.8. The Morgan fingerprint density at radius 2 is 1.58 bits per heavy atom. The van der Waals surface area contributed by atoms with E-state index in [0.29, 0.717) is 0 Å². The normalized spacial score (nSPS) is 13.1.